The quantitative estimate of drug-likeness (QED) is 0.837. The van der Waals surface area contributed by atoms with Gasteiger partial charge in [-0.25, -0.2) is 9.37 Å². The topological polar surface area (TPSA) is 92.4 Å². The van der Waals surface area contributed by atoms with Crippen LogP contribution in [0.5, 0.6) is 0 Å². The number of aromatic nitrogens is 3. The van der Waals surface area contributed by atoms with Crippen LogP contribution in [0.15, 0.2) is 30.6 Å². The van der Waals surface area contributed by atoms with Gasteiger partial charge in [0, 0.05) is 31.4 Å². The summed E-state index contributed by atoms with van der Waals surface area (Å²) in [4.78, 5) is 18.4. The highest BCUT2D eigenvalue weighted by molar-refractivity contribution is 5.92. The van der Waals surface area contributed by atoms with E-state index in [2.05, 4.69) is 20.5 Å². The van der Waals surface area contributed by atoms with Gasteiger partial charge in [0.15, 0.2) is 11.6 Å². The fourth-order valence-electron chi connectivity index (χ4n) is 3.66. The van der Waals surface area contributed by atoms with Crippen molar-refractivity contribution in [3.63, 3.8) is 0 Å². The van der Waals surface area contributed by atoms with Gasteiger partial charge in [0.1, 0.15) is 11.3 Å². The Balaban J connectivity index is 1.39. The van der Waals surface area contributed by atoms with E-state index in [-0.39, 0.29) is 23.5 Å². The average Bonchev–Trinajstić information content (AvgIpc) is 3.29. The number of rotatable bonds is 4. The van der Waals surface area contributed by atoms with Gasteiger partial charge in [-0.2, -0.15) is 5.10 Å². The van der Waals surface area contributed by atoms with E-state index in [1.165, 1.54) is 6.07 Å². The van der Waals surface area contributed by atoms with Crippen LogP contribution in [-0.2, 0) is 9.47 Å². The molecule has 2 aromatic heterocycles. The van der Waals surface area contributed by atoms with E-state index in [0.717, 1.165) is 6.42 Å². The number of H-pyrrole nitrogens is 1. The number of aromatic amines is 1. The number of ether oxygens (including phenoxy) is 2. The highest BCUT2D eigenvalue weighted by Crippen LogP contribution is 2.33. The highest BCUT2D eigenvalue weighted by Gasteiger charge is 2.44. The lowest BCUT2D eigenvalue weighted by Gasteiger charge is -2.31. The molecule has 2 saturated heterocycles. The lowest BCUT2D eigenvalue weighted by Crippen LogP contribution is -2.46. The van der Waals surface area contributed by atoms with Crippen molar-refractivity contribution < 1.29 is 18.7 Å². The summed E-state index contributed by atoms with van der Waals surface area (Å²) in [6.45, 7) is 2.94. The van der Waals surface area contributed by atoms with Crippen molar-refractivity contribution in [3.8, 4) is 0 Å². The molecule has 2 N–H and O–H groups in total. The fourth-order valence-corrected chi connectivity index (χ4v) is 3.66. The minimum absolute atomic E-state index is 0.113. The summed E-state index contributed by atoms with van der Waals surface area (Å²) in [5.41, 5.74) is -0.0878. The van der Waals surface area contributed by atoms with Crippen molar-refractivity contribution in [2.24, 2.45) is 5.92 Å². The Kier molecular flexibility index (Phi) is 5.04. The van der Waals surface area contributed by atoms with E-state index in [1.54, 1.807) is 29.4 Å². The molecule has 2 aliphatic rings. The normalized spacial score (nSPS) is 25.5. The van der Waals surface area contributed by atoms with Gasteiger partial charge in [-0.15, -0.1) is 0 Å². The third kappa shape index (κ3) is 3.93. The molecule has 8 nitrogen and oxygen atoms in total. The first-order valence-electron chi connectivity index (χ1n) is 9.00. The van der Waals surface area contributed by atoms with Crippen LogP contribution < -0.4 is 5.32 Å². The Hall–Kier alpha value is -2.52. The molecule has 9 heteroatoms. The molecule has 1 amide bonds. The van der Waals surface area contributed by atoms with Crippen LogP contribution in [0.3, 0.4) is 0 Å². The summed E-state index contributed by atoms with van der Waals surface area (Å²) in [5.74, 6) is -0.0674. The molecule has 0 unspecified atom stereocenters. The van der Waals surface area contributed by atoms with E-state index >= 15 is 0 Å². The fraction of sp³-hybridized carbons (Fsp3) is 0.500. The number of pyridine rings is 1. The van der Waals surface area contributed by atoms with Crippen molar-refractivity contribution in [2.45, 2.75) is 12.0 Å². The Morgan fingerprint density at radius 1 is 1.44 bits per heavy atom. The summed E-state index contributed by atoms with van der Waals surface area (Å²) in [6, 6.07) is 4.59. The van der Waals surface area contributed by atoms with E-state index in [9.17, 15) is 9.18 Å². The van der Waals surface area contributed by atoms with E-state index in [1.807, 2.05) is 0 Å². The Morgan fingerprint density at radius 2 is 2.37 bits per heavy atom. The molecule has 4 rings (SSSR count). The zero-order valence-electron chi connectivity index (χ0n) is 14.9. The van der Waals surface area contributed by atoms with Crippen LogP contribution in [0.4, 0.5) is 10.2 Å². The largest absolute Gasteiger partial charge is 0.377 e. The Morgan fingerprint density at radius 3 is 3.19 bits per heavy atom. The average molecular weight is 375 g/mol. The van der Waals surface area contributed by atoms with Crippen LogP contribution in [0, 0.1) is 11.7 Å². The van der Waals surface area contributed by atoms with E-state index in [0.29, 0.717) is 45.1 Å². The zero-order chi connectivity index (χ0) is 18.7. The summed E-state index contributed by atoms with van der Waals surface area (Å²) in [7, 11) is 0. The molecule has 0 bridgehead atoms. The van der Waals surface area contributed by atoms with Crippen molar-refractivity contribution >= 4 is 11.7 Å². The molecule has 27 heavy (non-hydrogen) atoms. The number of nitrogens with zero attached hydrogens (tertiary/aromatic N) is 3. The highest BCUT2D eigenvalue weighted by atomic mass is 19.1. The molecule has 0 aromatic carbocycles. The molecule has 1 spiro atoms. The molecule has 2 atom stereocenters. The number of halogens is 1. The minimum Gasteiger partial charge on any atom is -0.377 e. The van der Waals surface area contributed by atoms with Gasteiger partial charge in [0.25, 0.3) is 5.91 Å². The second kappa shape index (κ2) is 7.61. The first-order chi connectivity index (χ1) is 13.2. The van der Waals surface area contributed by atoms with Crippen molar-refractivity contribution in [1.82, 2.24) is 20.1 Å². The number of anilines is 1. The first kappa shape index (κ1) is 17.9. The van der Waals surface area contributed by atoms with Crippen LogP contribution >= 0.6 is 0 Å². The standard InChI is InChI=1S/C18H22FN5O3/c19-14-2-1-4-20-16(14)21-9-13-8-18(27-10-13)11-24(6-7-26-12-18)17(25)15-3-5-22-23-15/h1-5,13H,6-12H2,(H,20,21)(H,22,23)/t13-,18+/m0/s1. The smallest absolute Gasteiger partial charge is 0.272 e. The third-order valence-electron chi connectivity index (χ3n) is 4.97. The zero-order valence-corrected chi connectivity index (χ0v) is 14.9. The summed E-state index contributed by atoms with van der Waals surface area (Å²) in [6.07, 6.45) is 3.83. The van der Waals surface area contributed by atoms with Crippen LogP contribution in [0.25, 0.3) is 0 Å². The van der Waals surface area contributed by atoms with E-state index in [4.69, 9.17) is 9.47 Å². The Labute approximate surface area is 156 Å². The van der Waals surface area contributed by atoms with Gasteiger partial charge in [-0.05, 0) is 24.6 Å². The molecular weight excluding hydrogens is 353 g/mol. The Bertz CT molecular complexity index is 787. The molecule has 2 fully saturated rings. The van der Waals surface area contributed by atoms with Gasteiger partial charge >= 0.3 is 0 Å². The number of hydrogen-bond acceptors (Lipinski definition) is 6. The van der Waals surface area contributed by atoms with Gasteiger partial charge in [-0.1, -0.05) is 0 Å². The van der Waals surface area contributed by atoms with E-state index < -0.39 is 5.60 Å². The number of carbonyl (C=O) groups is 1. The predicted octanol–water partition coefficient (Wildman–Crippen LogP) is 1.30. The first-order valence-corrected chi connectivity index (χ1v) is 9.00. The van der Waals surface area contributed by atoms with Crippen molar-refractivity contribution in [2.75, 3.05) is 44.8 Å². The maximum absolute atomic E-state index is 13.7. The third-order valence-corrected chi connectivity index (χ3v) is 4.97. The molecule has 2 aromatic rings. The molecule has 0 saturated carbocycles. The molecule has 144 valence electrons. The minimum atomic E-state index is -0.540. The monoisotopic (exact) mass is 375 g/mol. The summed E-state index contributed by atoms with van der Waals surface area (Å²) >= 11 is 0. The van der Waals surface area contributed by atoms with Crippen molar-refractivity contribution in [3.05, 3.63) is 42.1 Å². The second-order valence-electron chi connectivity index (χ2n) is 7.03. The second-order valence-corrected chi connectivity index (χ2v) is 7.03. The van der Waals surface area contributed by atoms with Crippen molar-refractivity contribution in [1.29, 1.82) is 0 Å². The predicted molar refractivity (Wildman–Crippen MR) is 94.8 cm³/mol. The van der Waals surface area contributed by atoms with Crippen LogP contribution in [0.2, 0.25) is 0 Å². The maximum atomic E-state index is 13.7. The number of amides is 1. The maximum Gasteiger partial charge on any atom is 0.272 e. The number of nitrogens with one attached hydrogen (secondary N) is 2. The number of carbonyl (C=O) groups excluding carboxylic acids is 1. The summed E-state index contributed by atoms with van der Waals surface area (Å²) in [5, 5.41) is 9.60. The molecule has 2 aliphatic heterocycles. The van der Waals surface area contributed by atoms with Crippen LogP contribution in [-0.4, -0.2) is 71.0 Å². The van der Waals surface area contributed by atoms with Crippen LogP contribution in [0.1, 0.15) is 16.9 Å². The lowest BCUT2D eigenvalue weighted by atomic mass is 9.94. The molecule has 4 heterocycles. The molecule has 0 radical (unpaired) electrons. The SMILES string of the molecule is O=C(c1ccn[nH]1)N1CCOC[C@@]2(C[C@@H](CNc3ncccc3F)CO2)C1. The van der Waals surface area contributed by atoms with Gasteiger partial charge in [0.2, 0.25) is 0 Å². The van der Waals surface area contributed by atoms with Gasteiger partial charge in [-0.3, -0.25) is 9.89 Å². The summed E-state index contributed by atoms with van der Waals surface area (Å²) < 4.78 is 25.5. The molecular formula is C18H22FN5O3. The lowest BCUT2D eigenvalue weighted by molar-refractivity contribution is -0.0538. The van der Waals surface area contributed by atoms with Gasteiger partial charge < -0.3 is 19.7 Å². The number of hydrogen-bond donors (Lipinski definition) is 2. The molecule has 0 aliphatic carbocycles. The van der Waals surface area contributed by atoms with Gasteiger partial charge in [0.05, 0.1) is 26.4 Å².